The van der Waals surface area contributed by atoms with Crippen LogP contribution in [0.4, 0.5) is 5.69 Å². The van der Waals surface area contributed by atoms with Gasteiger partial charge in [-0.05, 0) is 61.7 Å². The number of benzene rings is 3. The van der Waals surface area contributed by atoms with Crippen molar-refractivity contribution in [2.75, 3.05) is 17.4 Å². The van der Waals surface area contributed by atoms with E-state index in [0.717, 1.165) is 9.87 Å². The van der Waals surface area contributed by atoms with E-state index >= 15 is 0 Å². The summed E-state index contributed by atoms with van der Waals surface area (Å²) in [5.41, 5.74) is 1.65. The van der Waals surface area contributed by atoms with Crippen LogP contribution in [-0.2, 0) is 26.2 Å². The highest BCUT2D eigenvalue weighted by Gasteiger charge is 2.33. The molecule has 0 spiro atoms. The molecular formula is C29H32Cl3N3O4S. The number of para-hydroxylation sites is 1. The standard InChI is InChI=1S/C29H32Cl3N3O4S/c1-19(2)16-33-29(37)21(4)34(17-22-11-14-24(30)26(32)15-22)28(36)18-35(27-8-6-5-7-25(27)31)40(38,39)23-12-9-20(3)10-13-23/h5-15,19,21H,16-18H2,1-4H3,(H,33,37)/t21-/m0/s1. The van der Waals surface area contributed by atoms with E-state index < -0.39 is 28.5 Å². The second kappa shape index (κ2) is 13.7. The van der Waals surface area contributed by atoms with Gasteiger partial charge in [0.2, 0.25) is 11.8 Å². The molecule has 214 valence electrons. The average molecular weight is 625 g/mol. The number of hydrogen-bond acceptors (Lipinski definition) is 4. The maximum Gasteiger partial charge on any atom is 0.264 e. The highest BCUT2D eigenvalue weighted by atomic mass is 35.5. The largest absolute Gasteiger partial charge is 0.354 e. The lowest BCUT2D eigenvalue weighted by atomic mass is 10.1. The fourth-order valence-electron chi connectivity index (χ4n) is 3.87. The molecule has 0 aliphatic rings. The molecule has 0 radical (unpaired) electrons. The van der Waals surface area contributed by atoms with E-state index in [1.165, 1.54) is 23.1 Å². The molecule has 7 nitrogen and oxygen atoms in total. The third-order valence-electron chi connectivity index (χ3n) is 6.20. The minimum Gasteiger partial charge on any atom is -0.354 e. The van der Waals surface area contributed by atoms with Crippen LogP contribution in [0, 0.1) is 12.8 Å². The first-order chi connectivity index (χ1) is 18.8. The van der Waals surface area contributed by atoms with Crippen molar-refractivity contribution in [3.05, 3.63) is 92.9 Å². The molecule has 2 amide bonds. The fraction of sp³-hybridized carbons (Fsp3) is 0.310. The number of hydrogen-bond donors (Lipinski definition) is 1. The summed E-state index contributed by atoms with van der Waals surface area (Å²) in [6.07, 6.45) is 0. The molecule has 0 aliphatic carbocycles. The molecule has 40 heavy (non-hydrogen) atoms. The molecule has 0 fully saturated rings. The van der Waals surface area contributed by atoms with Gasteiger partial charge in [0.25, 0.3) is 10.0 Å². The summed E-state index contributed by atoms with van der Waals surface area (Å²) < 4.78 is 28.7. The summed E-state index contributed by atoms with van der Waals surface area (Å²) in [6.45, 7) is 7.18. The van der Waals surface area contributed by atoms with Gasteiger partial charge in [0.05, 0.1) is 25.7 Å². The zero-order valence-electron chi connectivity index (χ0n) is 22.7. The summed E-state index contributed by atoms with van der Waals surface area (Å²) in [5, 5.41) is 3.65. The predicted molar refractivity (Wildman–Crippen MR) is 161 cm³/mol. The van der Waals surface area contributed by atoms with Gasteiger partial charge in [-0.15, -0.1) is 0 Å². The van der Waals surface area contributed by atoms with E-state index in [9.17, 15) is 18.0 Å². The zero-order valence-corrected chi connectivity index (χ0v) is 25.8. The van der Waals surface area contributed by atoms with Crippen molar-refractivity contribution in [2.45, 2.75) is 45.2 Å². The van der Waals surface area contributed by atoms with Gasteiger partial charge in [-0.25, -0.2) is 8.42 Å². The van der Waals surface area contributed by atoms with Gasteiger partial charge in [0, 0.05) is 13.1 Å². The summed E-state index contributed by atoms with van der Waals surface area (Å²) >= 11 is 18.7. The normalized spacial score (nSPS) is 12.2. The zero-order chi connectivity index (χ0) is 29.6. The number of carbonyl (C=O) groups is 2. The van der Waals surface area contributed by atoms with Crippen molar-refractivity contribution in [1.82, 2.24) is 10.2 Å². The number of nitrogens with zero attached hydrogens (tertiary/aromatic N) is 2. The van der Waals surface area contributed by atoms with Crippen LogP contribution in [0.1, 0.15) is 31.9 Å². The lowest BCUT2D eigenvalue weighted by molar-refractivity contribution is -0.139. The molecule has 3 rings (SSSR count). The Balaban J connectivity index is 2.04. The van der Waals surface area contributed by atoms with Crippen molar-refractivity contribution in [3.8, 4) is 0 Å². The molecule has 1 atom stereocenters. The van der Waals surface area contributed by atoms with Crippen molar-refractivity contribution >= 4 is 62.3 Å². The van der Waals surface area contributed by atoms with Crippen LogP contribution in [0.2, 0.25) is 15.1 Å². The van der Waals surface area contributed by atoms with E-state index in [2.05, 4.69) is 5.32 Å². The van der Waals surface area contributed by atoms with Gasteiger partial charge in [-0.3, -0.25) is 13.9 Å². The Labute approximate surface area is 251 Å². The molecule has 0 bridgehead atoms. The Bertz CT molecular complexity index is 1460. The minimum absolute atomic E-state index is 0.00424. The van der Waals surface area contributed by atoms with E-state index in [-0.39, 0.29) is 34.0 Å². The van der Waals surface area contributed by atoms with Crippen LogP contribution in [0.3, 0.4) is 0 Å². The molecule has 11 heteroatoms. The summed E-state index contributed by atoms with van der Waals surface area (Å²) in [5.74, 6) is -0.771. The van der Waals surface area contributed by atoms with Crippen LogP contribution < -0.4 is 9.62 Å². The molecule has 3 aromatic carbocycles. The fourth-order valence-corrected chi connectivity index (χ4v) is 5.92. The number of rotatable bonds is 11. The van der Waals surface area contributed by atoms with Crippen LogP contribution in [-0.4, -0.2) is 44.3 Å². The van der Waals surface area contributed by atoms with Gasteiger partial charge < -0.3 is 10.2 Å². The topological polar surface area (TPSA) is 86.8 Å². The predicted octanol–water partition coefficient (Wildman–Crippen LogP) is 6.34. The molecule has 0 heterocycles. The molecule has 0 unspecified atom stereocenters. The highest BCUT2D eigenvalue weighted by molar-refractivity contribution is 7.92. The molecule has 0 aliphatic heterocycles. The number of sulfonamides is 1. The van der Waals surface area contributed by atoms with E-state index in [0.29, 0.717) is 22.2 Å². The summed E-state index contributed by atoms with van der Waals surface area (Å²) in [6, 6.07) is 16.7. The second-order valence-electron chi connectivity index (χ2n) is 9.86. The smallest absolute Gasteiger partial charge is 0.264 e. The van der Waals surface area contributed by atoms with Gasteiger partial charge >= 0.3 is 0 Å². The van der Waals surface area contributed by atoms with Gasteiger partial charge in [0.1, 0.15) is 12.6 Å². The number of amides is 2. The summed E-state index contributed by atoms with van der Waals surface area (Å²) in [4.78, 5) is 28.3. The lowest BCUT2D eigenvalue weighted by Gasteiger charge is -2.32. The van der Waals surface area contributed by atoms with Crippen molar-refractivity contribution in [1.29, 1.82) is 0 Å². The van der Waals surface area contributed by atoms with Gasteiger partial charge in [-0.2, -0.15) is 0 Å². The molecular weight excluding hydrogens is 593 g/mol. The van der Waals surface area contributed by atoms with E-state index in [1.54, 1.807) is 55.5 Å². The summed E-state index contributed by atoms with van der Waals surface area (Å²) in [7, 11) is -4.21. The third kappa shape index (κ3) is 7.91. The SMILES string of the molecule is Cc1ccc(S(=O)(=O)N(CC(=O)N(Cc2ccc(Cl)c(Cl)c2)[C@@H](C)C(=O)NCC(C)C)c2ccccc2Cl)cc1. The number of carbonyl (C=O) groups excluding carboxylic acids is 2. The number of halogens is 3. The van der Waals surface area contributed by atoms with Crippen LogP contribution in [0.5, 0.6) is 0 Å². The van der Waals surface area contributed by atoms with Gasteiger partial charge in [0.15, 0.2) is 0 Å². The minimum atomic E-state index is -4.21. The quantitative estimate of drug-likeness (QED) is 0.270. The number of anilines is 1. The third-order valence-corrected chi connectivity index (χ3v) is 9.03. The first-order valence-electron chi connectivity index (χ1n) is 12.7. The monoisotopic (exact) mass is 623 g/mol. The van der Waals surface area contributed by atoms with Crippen molar-refractivity contribution in [2.24, 2.45) is 5.92 Å². The molecule has 0 saturated carbocycles. The highest BCUT2D eigenvalue weighted by Crippen LogP contribution is 2.31. The maximum atomic E-state index is 13.9. The van der Waals surface area contributed by atoms with Crippen LogP contribution in [0.15, 0.2) is 71.6 Å². The van der Waals surface area contributed by atoms with E-state index in [1.807, 2.05) is 20.8 Å². The molecule has 1 N–H and O–H groups in total. The molecule has 0 saturated heterocycles. The first kappa shape index (κ1) is 31.7. The van der Waals surface area contributed by atoms with Crippen molar-refractivity contribution in [3.63, 3.8) is 0 Å². The first-order valence-corrected chi connectivity index (χ1v) is 15.2. The Morgan fingerprint density at radius 3 is 2.12 bits per heavy atom. The Morgan fingerprint density at radius 1 is 0.875 bits per heavy atom. The van der Waals surface area contributed by atoms with Gasteiger partial charge in [-0.1, -0.05) is 84.5 Å². The van der Waals surface area contributed by atoms with Crippen molar-refractivity contribution < 1.29 is 18.0 Å². The Kier molecular flexibility index (Phi) is 10.9. The Morgan fingerprint density at radius 2 is 1.52 bits per heavy atom. The van der Waals surface area contributed by atoms with Crippen LogP contribution >= 0.6 is 34.8 Å². The second-order valence-corrected chi connectivity index (χ2v) is 12.9. The maximum absolute atomic E-state index is 13.9. The Hall–Kier alpha value is -2.78. The average Bonchev–Trinajstić information content (AvgIpc) is 2.91. The molecule has 0 aromatic heterocycles. The van der Waals surface area contributed by atoms with E-state index in [4.69, 9.17) is 34.8 Å². The molecule has 3 aromatic rings. The number of nitrogens with one attached hydrogen (secondary N) is 1. The van der Waals surface area contributed by atoms with Crippen LogP contribution in [0.25, 0.3) is 0 Å². The lowest BCUT2D eigenvalue weighted by Crippen LogP contribution is -2.51. The number of aryl methyl sites for hydroxylation is 1.